The molecule has 1 aliphatic heterocycles. The summed E-state index contributed by atoms with van der Waals surface area (Å²) in [6, 6.07) is 0. The second-order valence-electron chi connectivity index (χ2n) is 2.93. The number of hydrogen-bond donors (Lipinski definition) is 0. The molecule has 1 rings (SSSR count). The van der Waals surface area contributed by atoms with Crippen molar-refractivity contribution in [2.24, 2.45) is 5.92 Å². The van der Waals surface area contributed by atoms with Gasteiger partial charge in [-0.25, -0.2) is 0 Å². The molecule has 0 aromatic carbocycles. The van der Waals surface area contributed by atoms with E-state index in [0.29, 0.717) is 0 Å². The monoisotopic (exact) mass is 142 g/mol. The van der Waals surface area contributed by atoms with Crippen LogP contribution in [0.2, 0.25) is 0 Å². The molecule has 0 saturated carbocycles. The molecule has 0 nitrogen and oxygen atoms in total. The largest absolute Gasteiger partial charge is 0.147 e. The Morgan fingerprint density at radius 1 is 1.33 bits per heavy atom. The van der Waals surface area contributed by atoms with E-state index >= 15 is 0 Å². The molecule has 0 saturated heterocycles. The van der Waals surface area contributed by atoms with Crippen LogP contribution in [0.15, 0.2) is 12.2 Å². The quantitative estimate of drug-likeness (QED) is 0.507. The lowest BCUT2D eigenvalue weighted by molar-refractivity contribution is 0.682. The molecule has 0 bridgehead atoms. The number of hydrogen-bond acceptors (Lipinski definition) is 1. The van der Waals surface area contributed by atoms with Crippen LogP contribution in [-0.4, -0.2) is 10.5 Å². The maximum Gasteiger partial charge on any atom is 0.0256 e. The highest BCUT2D eigenvalue weighted by Crippen LogP contribution is 2.31. The van der Waals surface area contributed by atoms with Crippen LogP contribution in [0.3, 0.4) is 0 Å². The maximum absolute atomic E-state index is 2.33. The Labute approximate surface area is 61.7 Å². The van der Waals surface area contributed by atoms with Crippen molar-refractivity contribution in [3.05, 3.63) is 12.2 Å². The van der Waals surface area contributed by atoms with Gasteiger partial charge in [0.25, 0.3) is 0 Å². The van der Waals surface area contributed by atoms with Gasteiger partial charge >= 0.3 is 0 Å². The molecule has 0 spiro atoms. The van der Waals surface area contributed by atoms with Crippen LogP contribution in [0.5, 0.6) is 0 Å². The van der Waals surface area contributed by atoms with Gasteiger partial charge in [-0.15, -0.1) is 11.8 Å². The summed E-state index contributed by atoms with van der Waals surface area (Å²) in [5.74, 6) is 0.802. The molecule has 0 fully saturated rings. The van der Waals surface area contributed by atoms with Crippen molar-refractivity contribution < 1.29 is 0 Å². The minimum absolute atomic E-state index is 0.748. The first-order valence-corrected chi connectivity index (χ1v) is 4.48. The Kier molecular flexibility index (Phi) is 2.23. The summed E-state index contributed by atoms with van der Waals surface area (Å²) in [6.45, 7) is 6.81. The fourth-order valence-electron chi connectivity index (χ4n) is 0.984. The second kappa shape index (κ2) is 2.78. The predicted octanol–water partition coefficient (Wildman–Crippen LogP) is 2.70. The molecule has 2 unspecified atom stereocenters. The summed E-state index contributed by atoms with van der Waals surface area (Å²) in [5.41, 5.74) is 0. The van der Waals surface area contributed by atoms with Gasteiger partial charge in [0.05, 0.1) is 0 Å². The Morgan fingerprint density at radius 3 is 2.22 bits per heavy atom. The molecule has 52 valence electrons. The summed E-state index contributed by atoms with van der Waals surface area (Å²) >= 11 is 2.06. The van der Waals surface area contributed by atoms with Gasteiger partial charge in [-0.2, -0.15) is 0 Å². The first-order chi connectivity index (χ1) is 4.20. The highest BCUT2D eigenvalue weighted by Gasteiger charge is 2.17. The van der Waals surface area contributed by atoms with Crippen LogP contribution in [0.1, 0.15) is 20.8 Å². The van der Waals surface area contributed by atoms with Gasteiger partial charge in [0.15, 0.2) is 0 Å². The summed E-state index contributed by atoms with van der Waals surface area (Å²) in [6.07, 6.45) is 4.63. The standard InChI is InChI=1S/C8H14S/c1-6(2)8-5-4-7(3)9-8/h4-8H,1-3H3. The summed E-state index contributed by atoms with van der Waals surface area (Å²) in [7, 11) is 0. The van der Waals surface area contributed by atoms with E-state index in [9.17, 15) is 0 Å². The van der Waals surface area contributed by atoms with Gasteiger partial charge in [0.1, 0.15) is 0 Å². The molecule has 0 aliphatic carbocycles. The average molecular weight is 142 g/mol. The van der Waals surface area contributed by atoms with E-state index in [0.717, 1.165) is 16.4 Å². The average Bonchev–Trinajstić information content (AvgIpc) is 2.14. The Hall–Kier alpha value is 0.0900. The van der Waals surface area contributed by atoms with Crippen LogP contribution < -0.4 is 0 Å². The van der Waals surface area contributed by atoms with Crippen molar-refractivity contribution >= 4 is 11.8 Å². The lowest BCUT2D eigenvalue weighted by Crippen LogP contribution is -2.05. The highest BCUT2D eigenvalue weighted by molar-refractivity contribution is 8.01. The fourth-order valence-corrected chi connectivity index (χ4v) is 2.16. The third kappa shape index (κ3) is 1.75. The van der Waals surface area contributed by atoms with Gasteiger partial charge in [0.2, 0.25) is 0 Å². The molecule has 0 N–H and O–H groups in total. The minimum atomic E-state index is 0.748. The molecule has 1 heteroatoms. The third-order valence-corrected chi connectivity index (χ3v) is 3.20. The van der Waals surface area contributed by atoms with Crippen LogP contribution in [0, 0.1) is 5.92 Å². The molecule has 1 heterocycles. The summed E-state index contributed by atoms with van der Waals surface area (Å²) in [4.78, 5) is 0. The van der Waals surface area contributed by atoms with Crippen LogP contribution in [0.25, 0.3) is 0 Å². The van der Waals surface area contributed by atoms with Gasteiger partial charge in [-0.05, 0) is 12.8 Å². The molecule has 0 aromatic rings. The molecule has 0 amide bonds. The van der Waals surface area contributed by atoms with Crippen molar-refractivity contribution in [3.63, 3.8) is 0 Å². The number of rotatable bonds is 1. The molecular weight excluding hydrogens is 128 g/mol. The third-order valence-electron chi connectivity index (χ3n) is 1.60. The maximum atomic E-state index is 2.33. The Balaban J connectivity index is 2.41. The first-order valence-electron chi connectivity index (χ1n) is 3.54. The first kappa shape index (κ1) is 7.20. The zero-order chi connectivity index (χ0) is 6.85. The second-order valence-corrected chi connectivity index (χ2v) is 4.49. The van der Waals surface area contributed by atoms with Gasteiger partial charge < -0.3 is 0 Å². The summed E-state index contributed by atoms with van der Waals surface area (Å²) in [5, 5.41) is 1.53. The fraction of sp³-hybridized carbons (Fsp3) is 0.750. The zero-order valence-electron chi connectivity index (χ0n) is 6.29. The Morgan fingerprint density at radius 2 is 2.00 bits per heavy atom. The van der Waals surface area contributed by atoms with Gasteiger partial charge in [-0.3, -0.25) is 0 Å². The van der Waals surface area contributed by atoms with E-state index in [1.165, 1.54) is 0 Å². The lowest BCUT2D eigenvalue weighted by Gasteiger charge is -2.11. The molecular formula is C8H14S. The lowest BCUT2D eigenvalue weighted by atomic mass is 10.1. The zero-order valence-corrected chi connectivity index (χ0v) is 7.11. The minimum Gasteiger partial charge on any atom is -0.147 e. The molecule has 9 heavy (non-hydrogen) atoms. The van der Waals surface area contributed by atoms with E-state index in [-0.39, 0.29) is 0 Å². The van der Waals surface area contributed by atoms with Crippen molar-refractivity contribution in [1.82, 2.24) is 0 Å². The highest BCUT2D eigenvalue weighted by atomic mass is 32.2. The van der Waals surface area contributed by atoms with Crippen molar-refractivity contribution in [2.45, 2.75) is 31.3 Å². The van der Waals surface area contributed by atoms with Gasteiger partial charge in [0, 0.05) is 10.5 Å². The van der Waals surface area contributed by atoms with Crippen molar-refractivity contribution in [3.8, 4) is 0 Å². The van der Waals surface area contributed by atoms with E-state index in [1.807, 2.05) is 0 Å². The summed E-state index contributed by atoms with van der Waals surface area (Å²) < 4.78 is 0. The molecule has 1 aliphatic rings. The van der Waals surface area contributed by atoms with Crippen molar-refractivity contribution in [2.75, 3.05) is 0 Å². The molecule has 0 aromatic heterocycles. The smallest absolute Gasteiger partial charge is 0.0256 e. The molecule has 2 atom stereocenters. The number of thioether (sulfide) groups is 1. The van der Waals surface area contributed by atoms with Crippen molar-refractivity contribution in [1.29, 1.82) is 0 Å². The van der Waals surface area contributed by atoms with E-state index in [1.54, 1.807) is 0 Å². The van der Waals surface area contributed by atoms with E-state index in [2.05, 4.69) is 44.7 Å². The van der Waals surface area contributed by atoms with Crippen LogP contribution in [0.4, 0.5) is 0 Å². The van der Waals surface area contributed by atoms with Crippen LogP contribution >= 0.6 is 11.8 Å². The van der Waals surface area contributed by atoms with Crippen LogP contribution in [-0.2, 0) is 0 Å². The van der Waals surface area contributed by atoms with Gasteiger partial charge in [-0.1, -0.05) is 26.0 Å². The Bertz CT molecular complexity index is 116. The van der Waals surface area contributed by atoms with E-state index < -0.39 is 0 Å². The molecule has 0 radical (unpaired) electrons. The normalized spacial score (nSPS) is 34.2. The predicted molar refractivity (Wildman–Crippen MR) is 44.8 cm³/mol. The topological polar surface area (TPSA) is 0 Å². The van der Waals surface area contributed by atoms with E-state index in [4.69, 9.17) is 0 Å². The SMILES string of the molecule is CC1C=CC(C(C)C)S1.